The molecule has 0 aliphatic carbocycles. The van der Waals surface area contributed by atoms with Crippen LogP contribution in [0.5, 0.6) is 0 Å². The Balaban J connectivity index is 0.00000312. The van der Waals surface area contributed by atoms with Gasteiger partial charge >= 0.3 is 0 Å². The first-order chi connectivity index (χ1) is 11.8. The first-order valence-corrected chi connectivity index (χ1v) is 9.30. The number of unbranched alkanes of at least 4 members (excludes halogenated alkanes) is 5. The number of para-hydroxylation sites is 2. The molecule has 0 atom stereocenters. The van der Waals surface area contributed by atoms with Gasteiger partial charge in [-0.05, 0) is 37.1 Å². The Morgan fingerprint density at radius 3 is 1.15 bits per heavy atom. The molecule has 0 aliphatic heterocycles. The fraction of sp³-hybridized carbons (Fsp3) is 0.455. The average molecular weight is 397 g/mol. The molecule has 0 bridgehead atoms. The normalized spacial score (nSPS) is 9.77. The number of halogens is 2. The van der Waals surface area contributed by atoms with Crippen LogP contribution < -0.4 is 9.80 Å². The Morgan fingerprint density at radius 2 is 0.808 bits per heavy atom. The van der Waals surface area contributed by atoms with E-state index in [-0.39, 0.29) is 24.8 Å². The van der Waals surface area contributed by atoms with Crippen molar-refractivity contribution < 1.29 is 0 Å². The van der Waals surface area contributed by atoms with Gasteiger partial charge in [-0.25, -0.2) is 0 Å². The Labute approximate surface area is 172 Å². The van der Waals surface area contributed by atoms with Crippen molar-refractivity contribution in [2.75, 3.05) is 37.0 Å². The lowest BCUT2D eigenvalue weighted by atomic mass is 10.1. The minimum Gasteiger partial charge on any atom is -0.375 e. The van der Waals surface area contributed by atoms with Crippen LogP contribution in [0.4, 0.5) is 11.4 Å². The van der Waals surface area contributed by atoms with Gasteiger partial charge in [0.15, 0.2) is 0 Å². The minimum atomic E-state index is 0. The molecule has 2 nitrogen and oxygen atoms in total. The Morgan fingerprint density at radius 1 is 0.500 bits per heavy atom. The predicted octanol–water partition coefficient (Wildman–Crippen LogP) is 6.44. The van der Waals surface area contributed by atoms with E-state index < -0.39 is 0 Å². The first-order valence-electron chi connectivity index (χ1n) is 9.30. The van der Waals surface area contributed by atoms with Crippen LogP contribution in [-0.2, 0) is 0 Å². The molecule has 0 spiro atoms. The van der Waals surface area contributed by atoms with Crippen LogP contribution in [0.3, 0.4) is 0 Å². The third-order valence-electron chi connectivity index (χ3n) is 4.63. The molecule has 0 unspecified atom stereocenters. The summed E-state index contributed by atoms with van der Waals surface area (Å²) in [4.78, 5) is 4.71. The predicted molar refractivity (Wildman–Crippen MR) is 122 cm³/mol. The standard InChI is InChI=1S/C22H32N2.2ClH/c1-23(21-15-9-7-10-16-21)19-13-5-3-4-6-14-20-24(2)22-17-11-8-12-18-22;;/h7-12,15-18H,3-6,13-14,19-20H2,1-2H3;2*1H. The summed E-state index contributed by atoms with van der Waals surface area (Å²) in [6, 6.07) is 21.3. The summed E-state index contributed by atoms with van der Waals surface area (Å²) < 4.78 is 0. The number of hydrogen-bond acceptors (Lipinski definition) is 2. The van der Waals surface area contributed by atoms with Crippen molar-refractivity contribution in [3.8, 4) is 0 Å². The van der Waals surface area contributed by atoms with Gasteiger partial charge in [0.1, 0.15) is 0 Å². The summed E-state index contributed by atoms with van der Waals surface area (Å²) in [5.74, 6) is 0. The number of hydrogen-bond donors (Lipinski definition) is 0. The van der Waals surface area contributed by atoms with Gasteiger partial charge in [-0.15, -0.1) is 24.8 Å². The molecule has 2 aromatic rings. The molecule has 0 aromatic heterocycles. The van der Waals surface area contributed by atoms with E-state index in [0.717, 1.165) is 13.1 Å². The molecule has 0 saturated heterocycles. The average Bonchev–Trinajstić information content (AvgIpc) is 2.65. The minimum absolute atomic E-state index is 0. The summed E-state index contributed by atoms with van der Waals surface area (Å²) in [6.45, 7) is 2.31. The van der Waals surface area contributed by atoms with E-state index >= 15 is 0 Å². The van der Waals surface area contributed by atoms with Crippen molar-refractivity contribution >= 4 is 36.2 Å². The highest BCUT2D eigenvalue weighted by atomic mass is 35.5. The summed E-state index contributed by atoms with van der Waals surface area (Å²) in [6.07, 6.45) is 7.97. The van der Waals surface area contributed by atoms with Crippen molar-refractivity contribution in [2.45, 2.75) is 38.5 Å². The van der Waals surface area contributed by atoms with E-state index in [4.69, 9.17) is 0 Å². The molecule has 2 aromatic carbocycles. The van der Waals surface area contributed by atoms with Gasteiger partial charge < -0.3 is 9.80 Å². The zero-order valence-electron chi connectivity index (χ0n) is 16.1. The molecule has 0 amide bonds. The van der Waals surface area contributed by atoms with Crippen LogP contribution in [0.25, 0.3) is 0 Å². The van der Waals surface area contributed by atoms with Crippen LogP contribution in [0.1, 0.15) is 38.5 Å². The van der Waals surface area contributed by atoms with Gasteiger partial charge in [0.2, 0.25) is 0 Å². The smallest absolute Gasteiger partial charge is 0.0363 e. The largest absolute Gasteiger partial charge is 0.375 e. The van der Waals surface area contributed by atoms with Crippen molar-refractivity contribution in [1.82, 2.24) is 0 Å². The van der Waals surface area contributed by atoms with Gasteiger partial charge in [0, 0.05) is 38.6 Å². The van der Waals surface area contributed by atoms with Crippen molar-refractivity contribution in [1.29, 1.82) is 0 Å². The third-order valence-corrected chi connectivity index (χ3v) is 4.63. The van der Waals surface area contributed by atoms with Gasteiger partial charge in [-0.2, -0.15) is 0 Å². The molecule has 26 heavy (non-hydrogen) atoms. The second-order valence-electron chi connectivity index (χ2n) is 6.64. The molecule has 0 radical (unpaired) electrons. The maximum absolute atomic E-state index is 2.36. The fourth-order valence-electron chi connectivity index (χ4n) is 3.03. The molecule has 0 heterocycles. The van der Waals surface area contributed by atoms with Gasteiger partial charge in [0.25, 0.3) is 0 Å². The van der Waals surface area contributed by atoms with Crippen LogP contribution in [0, 0.1) is 0 Å². The van der Waals surface area contributed by atoms with E-state index in [1.165, 1.54) is 49.9 Å². The van der Waals surface area contributed by atoms with Crippen LogP contribution in [0.2, 0.25) is 0 Å². The third kappa shape index (κ3) is 9.35. The highest BCUT2D eigenvalue weighted by Gasteiger charge is 2.01. The van der Waals surface area contributed by atoms with E-state index in [1.54, 1.807) is 0 Å². The molecular weight excluding hydrogens is 363 g/mol. The molecule has 2 rings (SSSR count). The van der Waals surface area contributed by atoms with Crippen LogP contribution in [-0.4, -0.2) is 27.2 Å². The zero-order valence-corrected chi connectivity index (χ0v) is 17.8. The lowest BCUT2D eigenvalue weighted by Gasteiger charge is -2.19. The lowest BCUT2D eigenvalue weighted by Crippen LogP contribution is -2.18. The van der Waals surface area contributed by atoms with Gasteiger partial charge in [-0.3, -0.25) is 0 Å². The second-order valence-corrected chi connectivity index (χ2v) is 6.64. The quantitative estimate of drug-likeness (QED) is 0.403. The summed E-state index contributed by atoms with van der Waals surface area (Å²) in [5, 5.41) is 0. The highest BCUT2D eigenvalue weighted by molar-refractivity contribution is 5.85. The van der Waals surface area contributed by atoms with E-state index in [9.17, 15) is 0 Å². The zero-order chi connectivity index (χ0) is 17.0. The second kappa shape index (κ2) is 14.8. The lowest BCUT2D eigenvalue weighted by molar-refractivity contribution is 0.592. The van der Waals surface area contributed by atoms with Crippen molar-refractivity contribution in [3.05, 3.63) is 60.7 Å². The Hall–Kier alpha value is -1.38. The maximum atomic E-state index is 2.36. The molecule has 0 aliphatic rings. The molecule has 4 heteroatoms. The Bertz CT molecular complexity index is 497. The monoisotopic (exact) mass is 396 g/mol. The van der Waals surface area contributed by atoms with E-state index in [1.807, 2.05) is 0 Å². The van der Waals surface area contributed by atoms with Crippen molar-refractivity contribution in [3.63, 3.8) is 0 Å². The van der Waals surface area contributed by atoms with E-state index in [2.05, 4.69) is 84.6 Å². The van der Waals surface area contributed by atoms with Crippen LogP contribution >= 0.6 is 24.8 Å². The number of nitrogens with zero attached hydrogens (tertiary/aromatic N) is 2. The summed E-state index contributed by atoms with van der Waals surface area (Å²) in [7, 11) is 4.38. The molecule has 0 saturated carbocycles. The van der Waals surface area contributed by atoms with Gasteiger partial charge in [0.05, 0.1) is 0 Å². The Kier molecular flexibility index (Phi) is 14.0. The number of anilines is 2. The maximum Gasteiger partial charge on any atom is 0.0363 e. The highest BCUT2D eigenvalue weighted by Crippen LogP contribution is 2.14. The number of benzene rings is 2. The first kappa shape index (κ1) is 24.6. The molecular formula is C22H34Cl2N2. The summed E-state index contributed by atoms with van der Waals surface area (Å²) >= 11 is 0. The van der Waals surface area contributed by atoms with Gasteiger partial charge in [-0.1, -0.05) is 62.1 Å². The fourth-order valence-corrected chi connectivity index (χ4v) is 3.03. The molecule has 146 valence electrons. The SMILES string of the molecule is CN(CCCCCCCCN(C)c1ccccc1)c1ccccc1.Cl.Cl. The molecule has 0 N–H and O–H groups in total. The van der Waals surface area contributed by atoms with Crippen molar-refractivity contribution in [2.24, 2.45) is 0 Å². The summed E-state index contributed by atoms with van der Waals surface area (Å²) in [5.41, 5.74) is 2.64. The van der Waals surface area contributed by atoms with E-state index in [0.29, 0.717) is 0 Å². The number of rotatable bonds is 11. The van der Waals surface area contributed by atoms with Crippen LogP contribution in [0.15, 0.2) is 60.7 Å². The topological polar surface area (TPSA) is 6.48 Å². The molecule has 0 fully saturated rings.